The van der Waals surface area contributed by atoms with Gasteiger partial charge < -0.3 is 0 Å². The zero-order chi connectivity index (χ0) is 36.3. The van der Waals surface area contributed by atoms with Gasteiger partial charge in [0.15, 0.2) is 11.6 Å². The second-order valence-corrected chi connectivity index (χ2v) is 15.1. The molecule has 6 heteroatoms. The molecule has 0 N–H and O–H groups in total. The normalized spacial score (nSPS) is 15.1. The highest BCUT2D eigenvalue weighted by Gasteiger charge is 2.40. The number of allylic oxidation sites excluding steroid dienone is 3. The molecule has 0 unspecified atom stereocenters. The number of rotatable bonds is 7. The van der Waals surface area contributed by atoms with Gasteiger partial charge >= 0.3 is 0 Å². The molecular weight excluding hydrogens is 629 g/mol. The van der Waals surface area contributed by atoms with Crippen LogP contribution in [0.25, 0.3) is 11.0 Å². The molecule has 1 aliphatic carbocycles. The summed E-state index contributed by atoms with van der Waals surface area (Å²) in [4.78, 5) is 41.8. The SMILES string of the molecule is Cc1ccc2c(c1)C(=O)/C(=C/C=C1N(c3c(C(C)C)cccc3C(C)C)c3cc4nccnc4cc3N1c1c(C(C)C)cccc1C(C)C)C2=O. The summed E-state index contributed by atoms with van der Waals surface area (Å²) in [6.07, 6.45) is 7.20. The van der Waals surface area contributed by atoms with Gasteiger partial charge in [0.25, 0.3) is 0 Å². The topological polar surface area (TPSA) is 66.4 Å². The van der Waals surface area contributed by atoms with Crippen LogP contribution >= 0.6 is 0 Å². The van der Waals surface area contributed by atoms with Crippen molar-refractivity contribution in [2.45, 2.75) is 86.0 Å². The van der Waals surface area contributed by atoms with E-state index in [-0.39, 0.29) is 40.8 Å². The minimum Gasteiger partial charge on any atom is -0.293 e. The summed E-state index contributed by atoms with van der Waals surface area (Å²) in [6.45, 7) is 19.8. The lowest BCUT2D eigenvalue weighted by atomic mass is 9.91. The molecular formula is C45H46N4O2. The predicted octanol–water partition coefficient (Wildman–Crippen LogP) is 11.6. The number of carbonyl (C=O) groups is 2. The number of aryl methyl sites for hydroxylation is 1. The Morgan fingerprint density at radius 2 is 0.980 bits per heavy atom. The number of aromatic nitrogens is 2. The van der Waals surface area contributed by atoms with E-state index in [1.807, 2.05) is 25.1 Å². The van der Waals surface area contributed by atoms with Crippen LogP contribution in [0, 0.1) is 6.92 Å². The second kappa shape index (κ2) is 13.1. The molecule has 51 heavy (non-hydrogen) atoms. The highest BCUT2D eigenvalue weighted by Crippen LogP contribution is 2.56. The van der Waals surface area contributed by atoms with Gasteiger partial charge in [-0.1, -0.05) is 109 Å². The molecule has 4 aromatic carbocycles. The van der Waals surface area contributed by atoms with Crippen molar-refractivity contribution in [3.8, 4) is 0 Å². The number of carbonyl (C=O) groups excluding carboxylic acids is 2. The number of nitrogens with zero attached hydrogens (tertiary/aromatic N) is 4. The van der Waals surface area contributed by atoms with Crippen LogP contribution in [0.2, 0.25) is 0 Å². The van der Waals surface area contributed by atoms with Crippen molar-refractivity contribution in [3.05, 3.63) is 142 Å². The number of para-hydroxylation sites is 2. The van der Waals surface area contributed by atoms with Gasteiger partial charge in [-0.25, -0.2) is 0 Å². The first-order chi connectivity index (χ1) is 24.4. The smallest absolute Gasteiger partial charge is 0.197 e. The maximum absolute atomic E-state index is 13.9. The van der Waals surface area contributed by atoms with Gasteiger partial charge in [0.1, 0.15) is 5.82 Å². The molecule has 7 rings (SSSR count). The Balaban J connectivity index is 1.61. The molecule has 0 amide bonds. The molecule has 0 radical (unpaired) electrons. The van der Waals surface area contributed by atoms with Gasteiger partial charge in [-0.05, 0) is 83.2 Å². The minimum atomic E-state index is -0.240. The van der Waals surface area contributed by atoms with Gasteiger partial charge in [0, 0.05) is 23.5 Å². The zero-order valence-electron chi connectivity index (χ0n) is 31.1. The predicted molar refractivity (Wildman–Crippen MR) is 209 cm³/mol. The summed E-state index contributed by atoms with van der Waals surface area (Å²) in [5, 5.41) is 0. The van der Waals surface area contributed by atoms with Gasteiger partial charge in [0.2, 0.25) is 0 Å². The fourth-order valence-electron chi connectivity index (χ4n) is 7.60. The first-order valence-electron chi connectivity index (χ1n) is 18.1. The highest BCUT2D eigenvalue weighted by atomic mass is 16.2. The third kappa shape index (κ3) is 5.67. The summed E-state index contributed by atoms with van der Waals surface area (Å²) in [5.41, 5.74) is 12.6. The summed E-state index contributed by atoms with van der Waals surface area (Å²) in [5.74, 6) is 1.25. The molecule has 0 fully saturated rings. The van der Waals surface area contributed by atoms with Crippen LogP contribution in [0.4, 0.5) is 22.7 Å². The van der Waals surface area contributed by atoms with Crippen LogP contribution in [0.1, 0.15) is 128 Å². The van der Waals surface area contributed by atoms with Crippen molar-refractivity contribution in [1.82, 2.24) is 9.97 Å². The monoisotopic (exact) mass is 674 g/mol. The molecule has 0 atom stereocenters. The molecule has 1 aromatic heterocycles. The summed E-state index contributed by atoms with van der Waals surface area (Å²) < 4.78 is 0. The molecule has 2 heterocycles. The number of hydrogen-bond donors (Lipinski definition) is 0. The molecule has 0 saturated heterocycles. The van der Waals surface area contributed by atoms with Crippen molar-refractivity contribution in [2.24, 2.45) is 0 Å². The Bertz CT molecular complexity index is 2130. The second-order valence-electron chi connectivity index (χ2n) is 15.1. The Labute approximate surface area is 301 Å². The lowest BCUT2D eigenvalue weighted by molar-refractivity contribution is 0.0988. The van der Waals surface area contributed by atoms with Crippen molar-refractivity contribution in [2.75, 3.05) is 9.80 Å². The van der Waals surface area contributed by atoms with Crippen molar-refractivity contribution < 1.29 is 9.59 Å². The van der Waals surface area contributed by atoms with Gasteiger partial charge in [0.05, 0.1) is 39.4 Å². The first kappa shape index (κ1) is 34.1. The maximum Gasteiger partial charge on any atom is 0.197 e. The Morgan fingerprint density at radius 1 is 0.549 bits per heavy atom. The Kier molecular flexibility index (Phi) is 8.74. The van der Waals surface area contributed by atoms with Crippen LogP contribution in [0.5, 0.6) is 0 Å². The zero-order valence-corrected chi connectivity index (χ0v) is 31.1. The quantitative estimate of drug-likeness (QED) is 0.126. The molecule has 258 valence electrons. The number of hydrogen-bond acceptors (Lipinski definition) is 6. The largest absolute Gasteiger partial charge is 0.293 e. The molecule has 0 bridgehead atoms. The number of fused-ring (bicyclic) bond motifs is 3. The lowest BCUT2D eigenvalue weighted by Gasteiger charge is -2.33. The maximum atomic E-state index is 13.9. The van der Waals surface area contributed by atoms with E-state index in [2.05, 4.69) is 114 Å². The number of ketones is 2. The number of Topliss-reactive ketones (excluding diaryl/α,β-unsaturated/α-hetero) is 2. The molecule has 1 aliphatic heterocycles. The van der Waals surface area contributed by atoms with Crippen LogP contribution in [0.15, 0.2) is 103 Å². The third-order valence-corrected chi connectivity index (χ3v) is 10.2. The van der Waals surface area contributed by atoms with Crippen LogP contribution in [-0.2, 0) is 0 Å². The van der Waals surface area contributed by atoms with E-state index in [1.165, 1.54) is 22.3 Å². The van der Waals surface area contributed by atoms with E-state index in [9.17, 15) is 9.59 Å². The Morgan fingerprint density at radius 3 is 1.41 bits per heavy atom. The number of benzene rings is 4. The first-order valence-corrected chi connectivity index (χ1v) is 18.1. The fourth-order valence-corrected chi connectivity index (χ4v) is 7.60. The average molecular weight is 675 g/mol. The van der Waals surface area contributed by atoms with Crippen molar-refractivity contribution in [3.63, 3.8) is 0 Å². The van der Waals surface area contributed by atoms with Gasteiger partial charge in [-0.2, -0.15) is 0 Å². The molecule has 6 nitrogen and oxygen atoms in total. The van der Waals surface area contributed by atoms with Gasteiger partial charge in [-0.15, -0.1) is 0 Å². The van der Waals surface area contributed by atoms with Gasteiger partial charge in [-0.3, -0.25) is 29.4 Å². The van der Waals surface area contributed by atoms with Crippen LogP contribution in [0.3, 0.4) is 0 Å². The van der Waals surface area contributed by atoms with Crippen molar-refractivity contribution in [1.29, 1.82) is 0 Å². The summed E-state index contributed by atoms with van der Waals surface area (Å²) in [7, 11) is 0. The highest BCUT2D eigenvalue weighted by molar-refractivity contribution is 6.39. The number of anilines is 4. The minimum absolute atomic E-state index is 0.176. The molecule has 2 aliphatic rings. The molecule has 0 saturated carbocycles. The van der Waals surface area contributed by atoms with E-state index in [0.29, 0.717) is 11.1 Å². The van der Waals surface area contributed by atoms with E-state index in [0.717, 1.165) is 45.2 Å². The standard InChI is InChI=1S/C45H46N4O2/c1-25(2)30-12-10-13-31(26(3)4)42(30)48-39-23-37-38(47-21-20-46-37)24-40(39)49(43-32(27(5)6)14-11-15-33(43)28(7)8)41(48)19-18-35-44(50)34-17-16-29(9)22-36(34)45(35)51/h10-28H,1-9H3/b35-18+. The lowest BCUT2D eigenvalue weighted by Crippen LogP contribution is -2.25. The molecule has 5 aromatic rings. The van der Waals surface area contributed by atoms with E-state index < -0.39 is 0 Å². The average Bonchev–Trinajstić information content (AvgIpc) is 3.53. The summed E-state index contributed by atoms with van der Waals surface area (Å²) >= 11 is 0. The van der Waals surface area contributed by atoms with E-state index in [1.54, 1.807) is 24.5 Å². The summed E-state index contributed by atoms with van der Waals surface area (Å²) in [6, 6.07) is 22.9. The van der Waals surface area contributed by atoms with Crippen molar-refractivity contribution >= 4 is 45.3 Å². The van der Waals surface area contributed by atoms with Crippen LogP contribution in [-0.4, -0.2) is 21.5 Å². The third-order valence-electron chi connectivity index (χ3n) is 10.2. The van der Waals surface area contributed by atoms with E-state index in [4.69, 9.17) is 9.97 Å². The Hall–Kier alpha value is -5.36. The van der Waals surface area contributed by atoms with E-state index >= 15 is 0 Å². The van der Waals surface area contributed by atoms with Crippen LogP contribution < -0.4 is 9.80 Å². The molecule has 0 spiro atoms. The fraction of sp³-hybridized carbons (Fsp3) is 0.289.